The van der Waals surface area contributed by atoms with Gasteiger partial charge < -0.3 is 22.9 Å². The van der Waals surface area contributed by atoms with E-state index >= 15 is 0 Å². The number of rotatable bonds is 0. The fraction of sp³-hybridized carbons (Fsp3) is 0.429. The largest absolute Gasteiger partial charge is 0.402 e. The summed E-state index contributed by atoms with van der Waals surface area (Å²) >= 11 is 0. The zero-order chi connectivity index (χ0) is 8.59. The lowest BCUT2D eigenvalue weighted by atomic mass is 9.91. The molecule has 1 rings (SSSR count). The van der Waals surface area contributed by atoms with E-state index in [0.717, 1.165) is 0 Å². The Morgan fingerprint density at radius 1 is 1.27 bits per heavy atom. The molecule has 0 bridgehead atoms. The lowest BCUT2D eigenvalue weighted by Crippen LogP contribution is -2.41. The van der Waals surface area contributed by atoms with Crippen molar-refractivity contribution in [3.05, 3.63) is 23.2 Å². The minimum absolute atomic E-state index is 0.0855. The summed E-state index contributed by atoms with van der Waals surface area (Å²) in [6.07, 6.45) is 1.67. The molecule has 1 aliphatic carbocycles. The molecule has 2 unspecified atom stereocenters. The average molecular weight is 154 g/mol. The van der Waals surface area contributed by atoms with Crippen LogP contribution in [0.1, 0.15) is 6.92 Å². The molecular formula is C7H14N4. The van der Waals surface area contributed by atoms with Gasteiger partial charge >= 0.3 is 0 Å². The topological polar surface area (TPSA) is 104 Å². The van der Waals surface area contributed by atoms with E-state index in [2.05, 4.69) is 0 Å². The van der Waals surface area contributed by atoms with Crippen molar-refractivity contribution < 1.29 is 0 Å². The molecule has 4 nitrogen and oxygen atoms in total. The minimum Gasteiger partial charge on any atom is -0.402 e. The second-order valence-electron chi connectivity index (χ2n) is 2.87. The lowest BCUT2D eigenvalue weighted by molar-refractivity contribution is 0.549. The number of allylic oxidation sites excluding steroid dienone is 1. The summed E-state index contributed by atoms with van der Waals surface area (Å²) < 4.78 is 0. The Morgan fingerprint density at radius 2 is 1.82 bits per heavy atom. The Hall–Kier alpha value is -1.16. The lowest BCUT2D eigenvalue weighted by Gasteiger charge is -2.25. The smallest absolute Gasteiger partial charge is 0.0544 e. The second-order valence-corrected chi connectivity index (χ2v) is 2.87. The molecule has 0 heterocycles. The van der Waals surface area contributed by atoms with Gasteiger partial charge in [-0.2, -0.15) is 0 Å². The van der Waals surface area contributed by atoms with Gasteiger partial charge in [-0.25, -0.2) is 0 Å². The first kappa shape index (κ1) is 7.94. The summed E-state index contributed by atoms with van der Waals surface area (Å²) in [4.78, 5) is 0. The normalized spacial score (nSPS) is 32.0. The van der Waals surface area contributed by atoms with Crippen molar-refractivity contribution in [2.24, 2.45) is 28.9 Å². The van der Waals surface area contributed by atoms with Crippen LogP contribution in [0.25, 0.3) is 0 Å². The standard InChI is InChI=1S/C7H14N4/c1-3-4(8)2-5(9)7(11)6(3)10/h2-3,6H,8-11H2,1H3. The van der Waals surface area contributed by atoms with E-state index in [1.165, 1.54) is 0 Å². The van der Waals surface area contributed by atoms with Crippen LogP contribution in [0.5, 0.6) is 0 Å². The minimum atomic E-state index is -0.236. The summed E-state index contributed by atoms with van der Waals surface area (Å²) in [6.45, 7) is 1.93. The Labute approximate surface area is 65.9 Å². The molecule has 0 saturated carbocycles. The SMILES string of the molecule is CC1C(N)=CC(N)=C(N)C1N. The molecule has 0 saturated heterocycles. The molecule has 0 aromatic heterocycles. The molecule has 8 N–H and O–H groups in total. The van der Waals surface area contributed by atoms with Crippen LogP contribution in [0, 0.1) is 5.92 Å². The first-order chi connectivity index (χ1) is 5.04. The third-order valence-electron chi connectivity index (χ3n) is 2.08. The maximum atomic E-state index is 5.72. The van der Waals surface area contributed by atoms with E-state index in [-0.39, 0.29) is 12.0 Å². The van der Waals surface area contributed by atoms with Gasteiger partial charge in [0.15, 0.2) is 0 Å². The second kappa shape index (κ2) is 2.47. The monoisotopic (exact) mass is 154 g/mol. The molecule has 0 spiro atoms. The van der Waals surface area contributed by atoms with E-state index < -0.39 is 0 Å². The number of nitrogens with two attached hydrogens (primary N) is 4. The van der Waals surface area contributed by atoms with Crippen LogP contribution in [-0.2, 0) is 0 Å². The molecule has 62 valence electrons. The van der Waals surface area contributed by atoms with Gasteiger partial charge in [0.2, 0.25) is 0 Å². The highest BCUT2D eigenvalue weighted by atomic mass is 14.8. The Balaban J connectivity index is 3.01. The van der Waals surface area contributed by atoms with Gasteiger partial charge in [0.05, 0.1) is 11.7 Å². The Kier molecular flexibility index (Phi) is 1.78. The molecule has 0 radical (unpaired) electrons. The predicted molar refractivity (Wildman–Crippen MR) is 44.8 cm³/mol. The van der Waals surface area contributed by atoms with E-state index in [1.54, 1.807) is 6.08 Å². The van der Waals surface area contributed by atoms with E-state index in [4.69, 9.17) is 22.9 Å². The molecule has 0 fully saturated rings. The van der Waals surface area contributed by atoms with Crippen molar-refractivity contribution in [1.82, 2.24) is 0 Å². The fourth-order valence-corrected chi connectivity index (χ4v) is 1.06. The summed E-state index contributed by atoms with van der Waals surface area (Å²) in [5.41, 5.74) is 24.2. The van der Waals surface area contributed by atoms with E-state index in [9.17, 15) is 0 Å². The van der Waals surface area contributed by atoms with Gasteiger partial charge in [-0.05, 0) is 6.08 Å². The zero-order valence-corrected chi connectivity index (χ0v) is 6.54. The highest BCUT2D eigenvalue weighted by Gasteiger charge is 2.23. The quantitative estimate of drug-likeness (QED) is 0.357. The highest BCUT2D eigenvalue weighted by molar-refractivity contribution is 5.34. The predicted octanol–water partition coefficient (Wildman–Crippen LogP) is -1.06. The Bertz CT molecular complexity index is 229. The van der Waals surface area contributed by atoms with Crippen molar-refractivity contribution in [3.63, 3.8) is 0 Å². The first-order valence-electron chi connectivity index (χ1n) is 3.51. The van der Waals surface area contributed by atoms with Crippen LogP contribution in [0.15, 0.2) is 23.2 Å². The van der Waals surface area contributed by atoms with Gasteiger partial charge in [0.1, 0.15) is 0 Å². The third-order valence-corrected chi connectivity index (χ3v) is 2.08. The van der Waals surface area contributed by atoms with E-state index in [0.29, 0.717) is 17.1 Å². The summed E-state index contributed by atoms with van der Waals surface area (Å²) in [6, 6.07) is -0.236. The average Bonchev–Trinajstić information content (AvgIpc) is 1.97. The van der Waals surface area contributed by atoms with Crippen molar-refractivity contribution in [1.29, 1.82) is 0 Å². The highest BCUT2D eigenvalue weighted by Crippen LogP contribution is 2.19. The molecule has 0 amide bonds. The van der Waals surface area contributed by atoms with Crippen LogP contribution >= 0.6 is 0 Å². The van der Waals surface area contributed by atoms with Crippen molar-refractivity contribution >= 4 is 0 Å². The third kappa shape index (κ3) is 1.17. The van der Waals surface area contributed by atoms with Crippen LogP contribution in [0.3, 0.4) is 0 Å². The van der Waals surface area contributed by atoms with Gasteiger partial charge in [-0.1, -0.05) is 6.92 Å². The van der Waals surface area contributed by atoms with Gasteiger partial charge in [-0.3, -0.25) is 0 Å². The molecule has 0 aromatic carbocycles. The molecular weight excluding hydrogens is 140 g/mol. The van der Waals surface area contributed by atoms with Crippen LogP contribution in [0.4, 0.5) is 0 Å². The molecule has 0 aliphatic heterocycles. The van der Waals surface area contributed by atoms with Gasteiger partial charge in [-0.15, -0.1) is 0 Å². The number of hydrogen-bond acceptors (Lipinski definition) is 4. The fourth-order valence-electron chi connectivity index (χ4n) is 1.06. The van der Waals surface area contributed by atoms with E-state index in [1.807, 2.05) is 6.92 Å². The summed E-state index contributed by atoms with van der Waals surface area (Å²) in [5, 5.41) is 0. The number of hydrogen-bond donors (Lipinski definition) is 4. The first-order valence-corrected chi connectivity index (χ1v) is 3.51. The molecule has 2 atom stereocenters. The van der Waals surface area contributed by atoms with Crippen molar-refractivity contribution in [2.75, 3.05) is 0 Å². The zero-order valence-electron chi connectivity index (χ0n) is 6.54. The molecule has 0 aromatic rings. The Morgan fingerprint density at radius 3 is 2.36 bits per heavy atom. The maximum absolute atomic E-state index is 5.72. The van der Waals surface area contributed by atoms with Gasteiger partial charge in [0, 0.05) is 17.3 Å². The van der Waals surface area contributed by atoms with Crippen LogP contribution in [-0.4, -0.2) is 6.04 Å². The molecule has 11 heavy (non-hydrogen) atoms. The summed E-state index contributed by atoms with van der Waals surface area (Å²) in [7, 11) is 0. The van der Waals surface area contributed by atoms with Crippen molar-refractivity contribution in [2.45, 2.75) is 13.0 Å². The molecule has 1 aliphatic rings. The molecule has 4 heteroatoms. The van der Waals surface area contributed by atoms with Crippen LogP contribution < -0.4 is 22.9 Å². The summed E-state index contributed by atoms with van der Waals surface area (Å²) in [5.74, 6) is 0.0855. The van der Waals surface area contributed by atoms with Crippen LogP contribution in [0.2, 0.25) is 0 Å². The maximum Gasteiger partial charge on any atom is 0.0544 e. The van der Waals surface area contributed by atoms with Crippen molar-refractivity contribution in [3.8, 4) is 0 Å². The van der Waals surface area contributed by atoms with Gasteiger partial charge in [0.25, 0.3) is 0 Å².